The lowest BCUT2D eigenvalue weighted by molar-refractivity contribution is -0.132. The van der Waals surface area contributed by atoms with Crippen molar-refractivity contribution in [3.8, 4) is 0 Å². The number of carbonyl (C=O) groups is 1. The Labute approximate surface area is 137 Å². The largest absolute Gasteiger partial charge is 0.340 e. The molecule has 6 heteroatoms. The number of hydrogen-bond donors (Lipinski definition) is 1. The highest BCUT2D eigenvalue weighted by molar-refractivity contribution is 7.09. The molecule has 0 aliphatic carbocycles. The lowest BCUT2D eigenvalue weighted by Gasteiger charge is -2.42. The second kappa shape index (κ2) is 7.58. The third-order valence-electron chi connectivity index (χ3n) is 4.15. The first kappa shape index (κ1) is 18.4. The van der Waals surface area contributed by atoms with Crippen molar-refractivity contribution < 1.29 is 4.79 Å². The van der Waals surface area contributed by atoms with E-state index in [4.69, 9.17) is 5.73 Å². The normalized spacial score (nSPS) is 21.6. The maximum absolute atomic E-state index is 12.3. The van der Waals surface area contributed by atoms with E-state index in [0.717, 1.165) is 19.5 Å². The summed E-state index contributed by atoms with van der Waals surface area (Å²) in [5.74, 6) is 0.185. The summed E-state index contributed by atoms with van der Waals surface area (Å²) in [6.45, 7) is 7.38. The Balaban J connectivity index is 0.00000220. The fraction of sp³-hybridized carbons (Fsp3) is 0.667. The summed E-state index contributed by atoms with van der Waals surface area (Å²) in [6.07, 6.45) is 0.967. The Kier molecular flexibility index (Phi) is 6.66. The van der Waals surface area contributed by atoms with Crippen LogP contribution in [-0.2, 0) is 11.3 Å². The van der Waals surface area contributed by atoms with E-state index in [1.165, 1.54) is 4.88 Å². The van der Waals surface area contributed by atoms with E-state index in [9.17, 15) is 4.79 Å². The molecule has 1 aromatic rings. The molecule has 2 N–H and O–H groups in total. The van der Waals surface area contributed by atoms with Crippen LogP contribution >= 0.6 is 23.7 Å². The molecule has 1 fully saturated rings. The van der Waals surface area contributed by atoms with Gasteiger partial charge in [0.05, 0.1) is 13.1 Å². The van der Waals surface area contributed by atoms with Gasteiger partial charge in [0.1, 0.15) is 0 Å². The van der Waals surface area contributed by atoms with Crippen LogP contribution in [0.2, 0.25) is 0 Å². The summed E-state index contributed by atoms with van der Waals surface area (Å²) in [5.41, 5.74) is 6.22. The quantitative estimate of drug-likeness (QED) is 0.920. The monoisotopic (exact) mass is 331 g/mol. The van der Waals surface area contributed by atoms with Crippen molar-refractivity contribution in [2.75, 3.05) is 26.7 Å². The van der Waals surface area contributed by atoms with E-state index in [0.29, 0.717) is 13.1 Å². The van der Waals surface area contributed by atoms with E-state index in [2.05, 4.69) is 24.8 Å². The predicted molar refractivity (Wildman–Crippen MR) is 90.9 cm³/mol. The van der Waals surface area contributed by atoms with Gasteiger partial charge in [0.15, 0.2) is 0 Å². The van der Waals surface area contributed by atoms with Crippen LogP contribution in [0.4, 0.5) is 0 Å². The topological polar surface area (TPSA) is 49.6 Å². The molecule has 0 saturated carbocycles. The average molecular weight is 332 g/mol. The first-order valence-corrected chi connectivity index (χ1v) is 8.01. The van der Waals surface area contributed by atoms with Gasteiger partial charge in [-0.2, -0.15) is 0 Å². The van der Waals surface area contributed by atoms with Crippen molar-refractivity contribution in [2.45, 2.75) is 32.9 Å². The molecule has 1 saturated heterocycles. The minimum Gasteiger partial charge on any atom is -0.340 e. The zero-order valence-corrected chi connectivity index (χ0v) is 14.7. The zero-order valence-electron chi connectivity index (χ0n) is 13.0. The summed E-state index contributed by atoms with van der Waals surface area (Å²) >= 11 is 1.69. The summed E-state index contributed by atoms with van der Waals surface area (Å²) in [7, 11) is 1.88. The van der Waals surface area contributed by atoms with Crippen LogP contribution in [-0.4, -0.2) is 48.4 Å². The number of carbonyl (C=O) groups excluding carboxylic acids is 1. The third kappa shape index (κ3) is 4.95. The van der Waals surface area contributed by atoms with Gasteiger partial charge in [-0.25, -0.2) is 0 Å². The minimum absolute atomic E-state index is 0. The van der Waals surface area contributed by atoms with Gasteiger partial charge in [0.2, 0.25) is 5.91 Å². The van der Waals surface area contributed by atoms with Crippen LogP contribution in [0.25, 0.3) is 0 Å². The summed E-state index contributed by atoms with van der Waals surface area (Å²) in [5, 5.41) is 2.04. The number of amides is 1. The van der Waals surface area contributed by atoms with Crippen LogP contribution in [0.15, 0.2) is 17.5 Å². The number of likely N-dealkylation sites (N-methyl/N-ethyl adjacent to an activating group) is 1. The van der Waals surface area contributed by atoms with Gasteiger partial charge in [-0.05, 0) is 23.3 Å². The van der Waals surface area contributed by atoms with Crippen molar-refractivity contribution in [3.05, 3.63) is 22.4 Å². The molecule has 1 aliphatic heterocycles. The first-order valence-electron chi connectivity index (χ1n) is 7.13. The lowest BCUT2D eigenvalue weighted by atomic mass is 9.80. The second-order valence-electron chi connectivity index (χ2n) is 6.42. The first-order chi connectivity index (χ1) is 9.38. The molecule has 1 atom stereocenters. The lowest BCUT2D eigenvalue weighted by Crippen LogP contribution is -2.54. The highest BCUT2D eigenvalue weighted by Gasteiger charge is 2.34. The maximum Gasteiger partial charge on any atom is 0.236 e. The molecule has 21 heavy (non-hydrogen) atoms. The maximum atomic E-state index is 12.3. The van der Waals surface area contributed by atoms with Crippen molar-refractivity contribution >= 4 is 29.7 Å². The molecule has 0 bridgehead atoms. The molecule has 1 aliphatic rings. The van der Waals surface area contributed by atoms with Crippen LogP contribution in [0.3, 0.4) is 0 Å². The Morgan fingerprint density at radius 3 is 2.86 bits per heavy atom. The second-order valence-corrected chi connectivity index (χ2v) is 7.46. The summed E-state index contributed by atoms with van der Waals surface area (Å²) in [6, 6.07) is 4.32. The Morgan fingerprint density at radius 1 is 1.57 bits per heavy atom. The summed E-state index contributed by atoms with van der Waals surface area (Å²) < 4.78 is 0. The Morgan fingerprint density at radius 2 is 2.29 bits per heavy atom. The van der Waals surface area contributed by atoms with Crippen molar-refractivity contribution in [1.82, 2.24) is 9.80 Å². The fourth-order valence-corrected chi connectivity index (χ4v) is 3.41. The van der Waals surface area contributed by atoms with Crippen LogP contribution in [0, 0.1) is 5.41 Å². The van der Waals surface area contributed by atoms with Gasteiger partial charge in [-0.1, -0.05) is 19.9 Å². The highest BCUT2D eigenvalue weighted by Crippen LogP contribution is 2.27. The SMILES string of the molecule is CN(Cc1cccs1)C(=O)CN1CCC(N)C(C)(C)C1.Cl. The standard InChI is InChI=1S/C15H25N3OS.ClH/c1-15(2)11-18(7-6-13(15)16)10-14(19)17(3)9-12-5-4-8-20-12;/h4-5,8,13H,6-7,9-11,16H2,1-3H3;1H. The van der Waals surface area contributed by atoms with E-state index in [1.807, 2.05) is 23.4 Å². The molecule has 1 unspecified atom stereocenters. The van der Waals surface area contributed by atoms with E-state index in [-0.39, 0.29) is 29.8 Å². The van der Waals surface area contributed by atoms with Crippen LogP contribution < -0.4 is 5.73 Å². The molecule has 1 aromatic heterocycles. The number of piperidine rings is 1. The summed E-state index contributed by atoms with van der Waals surface area (Å²) in [4.78, 5) is 17.6. The molecule has 4 nitrogen and oxygen atoms in total. The minimum atomic E-state index is 0. The van der Waals surface area contributed by atoms with Crippen molar-refractivity contribution in [1.29, 1.82) is 0 Å². The Bertz CT molecular complexity index is 450. The molecular formula is C15H26ClN3OS. The van der Waals surface area contributed by atoms with Crippen LogP contribution in [0.1, 0.15) is 25.1 Å². The number of nitrogens with zero attached hydrogens (tertiary/aromatic N) is 2. The van der Waals surface area contributed by atoms with Gasteiger partial charge in [-0.15, -0.1) is 23.7 Å². The van der Waals surface area contributed by atoms with E-state index < -0.39 is 0 Å². The number of hydrogen-bond acceptors (Lipinski definition) is 4. The molecular weight excluding hydrogens is 306 g/mol. The molecule has 120 valence electrons. The molecule has 0 aromatic carbocycles. The van der Waals surface area contributed by atoms with Crippen LogP contribution in [0.5, 0.6) is 0 Å². The number of rotatable bonds is 4. The molecule has 1 amide bonds. The van der Waals surface area contributed by atoms with Gasteiger partial charge >= 0.3 is 0 Å². The van der Waals surface area contributed by atoms with Gasteiger partial charge in [0, 0.05) is 31.1 Å². The van der Waals surface area contributed by atoms with E-state index in [1.54, 1.807) is 11.3 Å². The average Bonchev–Trinajstić information content (AvgIpc) is 2.86. The smallest absolute Gasteiger partial charge is 0.236 e. The van der Waals surface area contributed by atoms with Crippen molar-refractivity contribution in [2.24, 2.45) is 11.1 Å². The van der Waals surface area contributed by atoms with Gasteiger partial charge in [-0.3, -0.25) is 9.69 Å². The highest BCUT2D eigenvalue weighted by atomic mass is 35.5. The number of thiophene rings is 1. The number of likely N-dealkylation sites (tertiary alicyclic amines) is 1. The molecule has 0 spiro atoms. The van der Waals surface area contributed by atoms with E-state index >= 15 is 0 Å². The third-order valence-corrected chi connectivity index (χ3v) is 5.01. The predicted octanol–water partition coefficient (Wildman–Crippen LogP) is 2.19. The molecule has 0 radical (unpaired) electrons. The van der Waals surface area contributed by atoms with Gasteiger partial charge < -0.3 is 10.6 Å². The molecule has 2 rings (SSSR count). The molecule has 2 heterocycles. The number of nitrogens with two attached hydrogens (primary N) is 1. The fourth-order valence-electron chi connectivity index (χ4n) is 2.66. The Hall–Kier alpha value is -0.620. The zero-order chi connectivity index (χ0) is 14.8. The number of halogens is 1. The van der Waals surface area contributed by atoms with Gasteiger partial charge in [0.25, 0.3) is 0 Å². The van der Waals surface area contributed by atoms with Crippen molar-refractivity contribution in [3.63, 3.8) is 0 Å².